The van der Waals surface area contributed by atoms with Crippen LogP contribution in [0.25, 0.3) is 0 Å². The van der Waals surface area contributed by atoms with Crippen LogP contribution in [0, 0.1) is 11.8 Å². The van der Waals surface area contributed by atoms with E-state index in [9.17, 15) is 9.59 Å². The highest BCUT2D eigenvalue weighted by Gasteiger charge is 2.09. The molecule has 0 amide bonds. The van der Waals surface area contributed by atoms with Crippen LogP contribution in [-0.4, -0.2) is 24.8 Å². The summed E-state index contributed by atoms with van der Waals surface area (Å²) in [4.78, 5) is 21.7. The molecule has 0 rings (SSSR count). The fourth-order valence-corrected chi connectivity index (χ4v) is 0.841. The SMILES string of the molecule is CC(=O)C(C)CCOCC(C)C(C)=O. The molecule has 0 radical (unpaired) electrons. The van der Waals surface area contributed by atoms with Crippen LogP contribution in [0.4, 0.5) is 0 Å². The van der Waals surface area contributed by atoms with E-state index in [4.69, 9.17) is 4.74 Å². The number of ketones is 2. The van der Waals surface area contributed by atoms with Gasteiger partial charge in [-0.05, 0) is 20.3 Å². The molecule has 0 heterocycles. The summed E-state index contributed by atoms with van der Waals surface area (Å²) in [7, 11) is 0. The lowest BCUT2D eigenvalue weighted by atomic mass is 10.0. The first-order valence-electron chi connectivity index (χ1n) is 5.03. The van der Waals surface area contributed by atoms with Gasteiger partial charge in [0.05, 0.1) is 6.61 Å². The quantitative estimate of drug-likeness (QED) is 0.589. The molecule has 0 aliphatic carbocycles. The highest BCUT2D eigenvalue weighted by molar-refractivity contribution is 5.78. The van der Waals surface area contributed by atoms with Crippen LogP contribution in [0.5, 0.6) is 0 Å². The molecule has 0 N–H and O–H groups in total. The molecule has 0 fully saturated rings. The van der Waals surface area contributed by atoms with Crippen molar-refractivity contribution in [1.29, 1.82) is 0 Å². The van der Waals surface area contributed by atoms with Crippen molar-refractivity contribution in [1.82, 2.24) is 0 Å². The smallest absolute Gasteiger partial charge is 0.134 e. The maximum atomic E-state index is 10.9. The summed E-state index contributed by atoms with van der Waals surface area (Å²) in [5.74, 6) is 0.350. The summed E-state index contributed by atoms with van der Waals surface area (Å²) in [5.41, 5.74) is 0. The zero-order valence-corrected chi connectivity index (χ0v) is 9.50. The molecular weight excluding hydrogens is 180 g/mol. The van der Waals surface area contributed by atoms with Gasteiger partial charge in [-0.2, -0.15) is 0 Å². The summed E-state index contributed by atoms with van der Waals surface area (Å²) in [6, 6.07) is 0. The third-order valence-corrected chi connectivity index (χ3v) is 2.45. The van der Waals surface area contributed by atoms with Gasteiger partial charge in [-0.3, -0.25) is 9.59 Å². The second-order valence-corrected chi connectivity index (χ2v) is 3.89. The molecule has 82 valence electrons. The third kappa shape index (κ3) is 5.86. The largest absolute Gasteiger partial charge is 0.381 e. The fraction of sp³-hybridized carbons (Fsp3) is 0.818. The Bertz CT molecular complexity index is 177. The number of hydrogen-bond donors (Lipinski definition) is 0. The average Bonchev–Trinajstić information content (AvgIpc) is 2.11. The van der Waals surface area contributed by atoms with Gasteiger partial charge in [-0.25, -0.2) is 0 Å². The van der Waals surface area contributed by atoms with Crippen molar-refractivity contribution < 1.29 is 14.3 Å². The zero-order chi connectivity index (χ0) is 11.1. The molecule has 0 aromatic carbocycles. The number of carbonyl (C=O) groups excluding carboxylic acids is 2. The van der Waals surface area contributed by atoms with Crippen LogP contribution >= 0.6 is 0 Å². The molecule has 0 aromatic heterocycles. The standard InChI is InChI=1S/C11H20O3/c1-8(10(3)12)5-6-14-7-9(2)11(4)13/h8-9H,5-7H2,1-4H3. The van der Waals surface area contributed by atoms with Crippen LogP contribution in [0.2, 0.25) is 0 Å². The molecule has 0 aliphatic rings. The molecule has 3 nitrogen and oxygen atoms in total. The van der Waals surface area contributed by atoms with E-state index < -0.39 is 0 Å². The van der Waals surface area contributed by atoms with Crippen LogP contribution in [-0.2, 0) is 14.3 Å². The fourth-order valence-electron chi connectivity index (χ4n) is 0.841. The first-order chi connectivity index (χ1) is 6.45. The van der Waals surface area contributed by atoms with Crippen molar-refractivity contribution in [3.63, 3.8) is 0 Å². The van der Waals surface area contributed by atoms with Gasteiger partial charge in [0.1, 0.15) is 11.6 Å². The topological polar surface area (TPSA) is 43.4 Å². The molecule has 0 aliphatic heterocycles. The van der Waals surface area contributed by atoms with Gasteiger partial charge in [0, 0.05) is 18.4 Å². The predicted octanol–water partition coefficient (Wildman–Crippen LogP) is 1.84. The molecule has 0 saturated carbocycles. The monoisotopic (exact) mass is 200 g/mol. The van der Waals surface area contributed by atoms with Crippen LogP contribution in [0.3, 0.4) is 0 Å². The molecule has 0 spiro atoms. The lowest BCUT2D eigenvalue weighted by molar-refractivity contribution is -0.123. The lowest BCUT2D eigenvalue weighted by Crippen LogP contribution is -2.16. The maximum Gasteiger partial charge on any atom is 0.134 e. The second-order valence-electron chi connectivity index (χ2n) is 3.89. The van der Waals surface area contributed by atoms with Gasteiger partial charge in [-0.15, -0.1) is 0 Å². The van der Waals surface area contributed by atoms with Crippen molar-refractivity contribution in [2.75, 3.05) is 13.2 Å². The zero-order valence-electron chi connectivity index (χ0n) is 9.50. The maximum absolute atomic E-state index is 10.9. The third-order valence-electron chi connectivity index (χ3n) is 2.45. The Balaban J connectivity index is 3.47. The molecule has 2 atom stereocenters. The van der Waals surface area contributed by atoms with Crippen LogP contribution in [0.15, 0.2) is 0 Å². The van der Waals surface area contributed by atoms with Gasteiger partial charge < -0.3 is 4.74 Å². The Hall–Kier alpha value is -0.700. The molecule has 2 unspecified atom stereocenters. The van der Waals surface area contributed by atoms with Gasteiger partial charge in [-0.1, -0.05) is 13.8 Å². The predicted molar refractivity (Wildman–Crippen MR) is 55.1 cm³/mol. The highest BCUT2D eigenvalue weighted by atomic mass is 16.5. The van der Waals surface area contributed by atoms with Crippen molar-refractivity contribution in [3.8, 4) is 0 Å². The molecule has 3 heteroatoms. The Kier molecular flexibility index (Phi) is 6.37. The van der Waals surface area contributed by atoms with E-state index in [1.807, 2.05) is 13.8 Å². The normalized spacial score (nSPS) is 14.9. The van der Waals surface area contributed by atoms with Crippen LogP contribution in [0.1, 0.15) is 34.1 Å². The summed E-state index contributed by atoms with van der Waals surface area (Å²) in [6.07, 6.45) is 0.736. The van der Waals surface area contributed by atoms with E-state index in [0.717, 1.165) is 6.42 Å². The number of hydrogen-bond acceptors (Lipinski definition) is 3. The van der Waals surface area contributed by atoms with Crippen molar-refractivity contribution >= 4 is 11.6 Å². The summed E-state index contributed by atoms with van der Waals surface area (Å²) in [6.45, 7) is 7.89. The van der Waals surface area contributed by atoms with E-state index in [2.05, 4.69) is 0 Å². The summed E-state index contributed by atoms with van der Waals surface area (Å²) < 4.78 is 5.30. The van der Waals surface area contributed by atoms with Crippen molar-refractivity contribution in [2.45, 2.75) is 34.1 Å². The average molecular weight is 200 g/mol. The second kappa shape index (κ2) is 6.71. The molecular formula is C11H20O3. The van der Waals surface area contributed by atoms with Crippen LogP contribution < -0.4 is 0 Å². The van der Waals surface area contributed by atoms with Gasteiger partial charge in [0.15, 0.2) is 0 Å². The van der Waals surface area contributed by atoms with Crippen molar-refractivity contribution in [3.05, 3.63) is 0 Å². The number of Topliss-reactive ketones (excluding diaryl/α,β-unsaturated/α-hetero) is 2. The lowest BCUT2D eigenvalue weighted by Gasteiger charge is -2.10. The summed E-state index contributed by atoms with van der Waals surface area (Å²) >= 11 is 0. The van der Waals surface area contributed by atoms with Crippen molar-refractivity contribution in [2.24, 2.45) is 11.8 Å². The molecule has 0 aromatic rings. The number of carbonyl (C=O) groups is 2. The first kappa shape index (κ1) is 13.3. The van der Waals surface area contributed by atoms with E-state index in [0.29, 0.717) is 13.2 Å². The minimum absolute atomic E-state index is 0.0392. The Labute approximate surface area is 85.8 Å². The number of ether oxygens (including phenoxy) is 1. The van der Waals surface area contributed by atoms with E-state index in [-0.39, 0.29) is 23.4 Å². The van der Waals surface area contributed by atoms with E-state index >= 15 is 0 Å². The minimum Gasteiger partial charge on any atom is -0.381 e. The molecule has 0 saturated heterocycles. The van der Waals surface area contributed by atoms with Gasteiger partial charge in [0.2, 0.25) is 0 Å². The summed E-state index contributed by atoms with van der Waals surface area (Å²) in [5, 5.41) is 0. The molecule has 0 bridgehead atoms. The van der Waals surface area contributed by atoms with E-state index in [1.54, 1.807) is 13.8 Å². The number of rotatable bonds is 7. The molecule has 14 heavy (non-hydrogen) atoms. The van der Waals surface area contributed by atoms with Gasteiger partial charge >= 0.3 is 0 Å². The Morgan fingerprint density at radius 3 is 2.00 bits per heavy atom. The Morgan fingerprint density at radius 1 is 1.07 bits per heavy atom. The minimum atomic E-state index is -0.0392. The first-order valence-corrected chi connectivity index (χ1v) is 5.03. The highest BCUT2D eigenvalue weighted by Crippen LogP contribution is 2.04. The Morgan fingerprint density at radius 2 is 1.57 bits per heavy atom. The van der Waals surface area contributed by atoms with E-state index in [1.165, 1.54) is 0 Å². The van der Waals surface area contributed by atoms with Gasteiger partial charge in [0.25, 0.3) is 0 Å².